The summed E-state index contributed by atoms with van der Waals surface area (Å²) in [5.74, 6) is -0.486. The molecular weight excluding hydrogens is 278 g/mol. The number of hydrogen-bond donors (Lipinski definition) is 2. The van der Waals surface area contributed by atoms with Gasteiger partial charge in [-0.25, -0.2) is 18.5 Å². The number of halogens is 1. The Kier molecular flexibility index (Phi) is 5.06. The van der Waals surface area contributed by atoms with Crippen molar-refractivity contribution in [1.29, 1.82) is 0 Å². The van der Waals surface area contributed by atoms with Gasteiger partial charge in [0.05, 0.1) is 5.75 Å². The third-order valence-corrected chi connectivity index (χ3v) is 3.13. The first kappa shape index (κ1) is 14.9. The van der Waals surface area contributed by atoms with Gasteiger partial charge in [-0.15, -0.1) is 0 Å². The zero-order chi connectivity index (χ0) is 13.8. The summed E-state index contributed by atoms with van der Waals surface area (Å²) in [7, 11) is -3.48. The Morgan fingerprint density at radius 2 is 2.17 bits per heavy atom. The van der Waals surface area contributed by atoms with Crippen LogP contribution in [0.15, 0.2) is 12.1 Å². The Labute approximate surface area is 111 Å². The number of sulfonamides is 1. The highest BCUT2D eigenvalue weighted by Gasteiger charge is 2.08. The van der Waals surface area contributed by atoms with Gasteiger partial charge < -0.3 is 5.32 Å². The zero-order valence-corrected chi connectivity index (χ0v) is 11.4. The molecule has 0 aliphatic rings. The first-order valence-electron chi connectivity index (χ1n) is 5.21. The fourth-order valence-electron chi connectivity index (χ4n) is 1.34. The molecule has 0 unspecified atom stereocenters. The first-order valence-corrected chi connectivity index (χ1v) is 7.30. The Balaban J connectivity index is 2.51. The van der Waals surface area contributed by atoms with E-state index < -0.39 is 10.0 Å². The van der Waals surface area contributed by atoms with Crippen LogP contribution in [0.3, 0.4) is 0 Å². The normalized spacial score (nSPS) is 11.3. The Morgan fingerprint density at radius 3 is 2.72 bits per heavy atom. The molecule has 0 aliphatic heterocycles. The summed E-state index contributed by atoms with van der Waals surface area (Å²) >= 11 is 5.73. The third-order valence-electron chi connectivity index (χ3n) is 2.08. The van der Waals surface area contributed by atoms with Crippen LogP contribution in [0.25, 0.3) is 0 Å². The van der Waals surface area contributed by atoms with Crippen LogP contribution in [0.2, 0.25) is 5.15 Å². The molecule has 0 saturated heterocycles. The molecule has 0 radical (unpaired) electrons. The van der Waals surface area contributed by atoms with Crippen LogP contribution in [0.4, 0.5) is 0 Å². The predicted octanol–water partition coefficient (Wildman–Crippen LogP) is 0.452. The highest BCUT2D eigenvalue weighted by molar-refractivity contribution is 7.89. The molecule has 0 fully saturated rings. The zero-order valence-electron chi connectivity index (χ0n) is 9.81. The van der Waals surface area contributed by atoms with E-state index in [1.807, 2.05) is 0 Å². The number of carbonyl (C=O) groups excluding carboxylic acids is 1. The number of primary sulfonamides is 1. The average molecular weight is 292 g/mol. The summed E-state index contributed by atoms with van der Waals surface area (Å²) in [5, 5.41) is 7.66. The Morgan fingerprint density at radius 1 is 1.50 bits per heavy atom. The van der Waals surface area contributed by atoms with Crippen LogP contribution in [-0.2, 0) is 10.0 Å². The minimum absolute atomic E-state index is 0.163. The lowest BCUT2D eigenvalue weighted by molar-refractivity contribution is 0.0953. The molecule has 3 N–H and O–H groups in total. The molecule has 1 aromatic rings. The molecule has 1 heterocycles. The van der Waals surface area contributed by atoms with Crippen molar-refractivity contribution in [2.75, 3.05) is 12.3 Å². The van der Waals surface area contributed by atoms with Crippen molar-refractivity contribution in [2.24, 2.45) is 5.14 Å². The van der Waals surface area contributed by atoms with Gasteiger partial charge in [-0.1, -0.05) is 11.6 Å². The smallest absolute Gasteiger partial charge is 0.251 e. The maximum atomic E-state index is 11.7. The van der Waals surface area contributed by atoms with E-state index in [4.69, 9.17) is 16.7 Å². The van der Waals surface area contributed by atoms with Gasteiger partial charge in [0, 0.05) is 17.8 Å². The second-order valence-corrected chi connectivity index (χ2v) is 5.92. The molecule has 0 bridgehead atoms. The first-order chi connectivity index (χ1) is 8.28. The van der Waals surface area contributed by atoms with Gasteiger partial charge in [-0.05, 0) is 25.5 Å². The number of amides is 1. The topological polar surface area (TPSA) is 102 Å². The van der Waals surface area contributed by atoms with Crippen molar-refractivity contribution in [3.63, 3.8) is 0 Å². The number of hydrogen-bond acceptors (Lipinski definition) is 4. The molecule has 0 aromatic carbocycles. The van der Waals surface area contributed by atoms with Crippen molar-refractivity contribution < 1.29 is 13.2 Å². The van der Waals surface area contributed by atoms with Gasteiger partial charge in [0.15, 0.2) is 0 Å². The summed E-state index contributed by atoms with van der Waals surface area (Å²) in [4.78, 5) is 15.6. The van der Waals surface area contributed by atoms with Crippen molar-refractivity contribution in [2.45, 2.75) is 13.3 Å². The molecule has 6 nitrogen and oxygen atoms in total. The Bertz CT molecular complexity index is 525. The largest absolute Gasteiger partial charge is 0.352 e. The number of pyridine rings is 1. The maximum absolute atomic E-state index is 11.7. The molecule has 18 heavy (non-hydrogen) atoms. The van der Waals surface area contributed by atoms with Crippen LogP contribution in [-0.4, -0.2) is 31.6 Å². The minimum atomic E-state index is -3.48. The van der Waals surface area contributed by atoms with Gasteiger partial charge in [0.2, 0.25) is 10.0 Å². The van der Waals surface area contributed by atoms with Gasteiger partial charge in [-0.3, -0.25) is 4.79 Å². The van der Waals surface area contributed by atoms with E-state index >= 15 is 0 Å². The molecule has 1 rings (SSSR count). The molecule has 0 aliphatic carbocycles. The SMILES string of the molecule is Cc1cc(C(=O)NCCCS(N)(=O)=O)cc(Cl)n1. The van der Waals surface area contributed by atoms with Gasteiger partial charge in [0.25, 0.3) is 5.91 Å². The van der Waals surface area contributed by atoms with Gasteiger partial charge >= 0.3 is 0 Å². The van der Waals surface area contributed by atoms with E-state index in [0.29, 0.717) is 11.3 Å². The van der Waals surface area contributed by atoms with Crippen molar-refractivity contribution in [1.82, 2.24) is 10.3 Å². The molecule has 1 amide bonds. The van der Waals surface area contributed by atoms with E-state index in [0.717, 1.165) is 0 Å². The van der Waals surface area contributed by atoms with Gasteiger partial charge in [0.1, 0.15) is 5.15 Å². The second-order valence-electron chi connectivity index (χ2n) is 3.80. The minimum Gasteiger partial charge on any atom is -0.352 e. The van der Waals surface area contributed by atoms with Crippen molar-refractivity contribution in [3.05, 3.63) is 28.5 Å². The molecule has 0 spiro atoms. The molecule has 0 atom stereocenters. The lowest BCUT2D eigenvalue weighted by Gasteiger charge is -2.05. The Hall–Kier alpha value is -1.18. The number of nitrogens with one attached hydrogen (secondary N) is 1. The molecular formula is C10H14ClN3O3S. The van der Waals surface area contributed by atoms with Crippen LogP contribution >= 0.6 is 11.6 Å². The lowest BCUT2D eigenvalue weighted by Crippen LogP contribution is -2.27. The summed E-state index contributed by atoms with van der Waals surface area (Å²) in [6.45, 7) is 1.96. The van der Waals surface area contributed by atoms with Crippen LogP contribution in [0.5, 0.6) is 0 Å². The van der Waals surface area contributed by atoms with E-state index in [1.165, 1.54) is 6.07 Å². The lowest BCUT2D eigenvalue weighted by atomic mass is 10.2. The predicted molar refractivity (Wildman–Crippen MR) is 68.9 cm³/mol. The number of nitrogens with zero attached hydrogens (tertiary/aromatic N) is 1. The average Bonchev–Trinajstić information content (AvgIpc) is 2.21. The fourth-order valence-corrected chi connectivity index (χ4v) is 2.13. The summed E-state index contributed by atoms with van der Waals surface area (Å²) in [6, 6.07) is 3.05. The van der Waals surface area contributed by atoms with Gasteiger partial charge in [-0.2, -0.15) is 0 Å². The van der Waals surface area contributed by atoms with Crippen LogP contribution in [0, 0.1) is 6.92 Å². The number of rotatable bonds is 5. The maximum Gasteiger partial charge on any atom is 0.251 e. The standard InChI is InChI=1S/C10H14ClN3O3S/c1-7-5-8(6-9(11)14-7)10(15)13-3-2-4-18(12,16)17/h5-6H,2-4H2,1H3,(H,13,15)(H2,12,16,17). The molecule has 100 valence electrons. The van der Waals surface area contributed by atoms with Crippen LogP contribution < -0.4 is 10.5 Å². The summed E-state index contributed by atoms with van der Waals surface area (Å²) in [6.07, 6.45) is 0.266. The quantitative estimate of drug-likeness (QED) is 0.607. The number of nitrogens with two attached hydrogens (primary N) is 1. The number of aromatic nitrogens is 1. The van der Waals surface area contributed by atoms with E-state index in [-0.39, 0.29) is 29.8 Å². The fraction of sp³-hybridized carbons (Fsp3) is 0.400. The highest BCUT2D eigenvalue weighted by Crippen LogP contribution is 2.10. The molecule has 1 aromatic heterocycles. The highest BCUT2D eigenvalue weighted by atomic mass is 35.5. The second kappa shape index (κ2) is 6.12. The van der Waals surface area contributed by atoms with E-state index in [1.54, 1.807) is 13.0 Å². The van der Waals surface area contributed by atoms with Crippen LogP contribution in [0.1, 0.15) is 22.5 Å². The van der Waals surface area contributed by atoms with E-state index in [2.05, 4.69) is 10.3 Å². The monoisotopic (exact) mass is 291 g/mol. The molecule has 8 heteroatoms. The third kappa shape index (κ3) is 5.44. The van der Waals surface area contributed by atoms with Crippen molar-refractivity contribution >= 4 is 27.5 Å². The number of aryl methyl sites for hydroxylation is 1. The number of carbonyl (C=O) groups is 1. The molecule has 0 saturated carbocycles. The van der Waals surface area contributed by atoms with E-state index in [9.17, 15) is 13.2 Å². The summed E-state index contributed by atoms with van der Waals surface area (Å²) in [5.41, 5.74) is 1.03. The summed E-state index contributed by atoms with van der Waals surface area (Å²) < 4.78 is 21.3. The van der Waals surface area contributed by atoms with Crippen molar-refractivity contribution in [3.8, 4) is 0 Å².